The number of piperidine rings is 1. The summed E-state index contributed by atoms with van der Waals surface area (Å²) >= 11 is 0. The molecule has 0 aromatic rings. The lowest BCUT2D eigenvalue weighted by molar-refractivity contribution is -0.114. The van der Waals surface area contributed by atoms with E-state index in [1.54, 1.807) is 0 Å². The van der Waals surface area contributed by atoms with Crippen LogP contribution in [0.3, 0.4) is 0 Å². The Kier molecular flexibility index (Phi) is 2.68. The second-order valence-electron chi connectivity index (χ2n) is 4.64. The fourth-order valence-corrected chi connectivity index (χ4v) is 3.09. The van der Waals surface area contributed by atoms with Crippen LogP contribution in [-0.2, 0) is 4.79 Å². The van der Waals surface area contributed by atoms with E-state index in [1.807, 2.05) is 0 Å². The number of nitrogens with one attached hydrogen (secondary N) is 1. The lowest BCUT2D eigenvalue weighted by atomic mass is 9.69. The lowest BCUT2D eigenvalue weighted by Gasteiger charge is -2.43. The first-order valence-corrected chi connectivity index (χ1v) is 5.51. The predicted octanol–water partition coefficient (Wildman–Crippen LogP) is 1.60. The molecule has 0 bridgehead atoms. The van der Waals surface area contributed by atoms with Crippen LogP contribution >= 0.6 is 0 Å². The minimum Gasteiger partial charge on any atom is -0.313 e. The Bertz CT molecular complexity index is 193. The van der Waals surface area contributed by atoms with E-state index >= 15 is 0 Å². The number of aldehydes is 1. The molecule has 0 spiro atoms. The zero-order valence-corrected chi connectivity index (χ0v) is 8.33. The highest BCUT2D eigenvalue weighted by molar-refractivity contribution is 5.54. The normalized spacial score (nSPS) is 45.3. The molecule has 13 heavy (non-hydrogen) atoms. The van der Waals surface area contributed by atoms with Crippen molar-refractivity contribution in [1.29, 1.82) is 0 Å². The molecule has 2 fully saturated rings. The van der Waals surface area contributed by atoms with Crippen LogP contribution in [0.4, 0.5) is 0 Å². The molecule has 4 unspecified atom stereocenters. The number of carbonyl (C=O) groups excluding carboxylic acids is 1. The molecule has 2 aliphatic rings. The van der Waals surface area contributed by atoms with Crippen molar-refractivity contribution in [2.75, 3.05) is 6.54 Å². The molecule has 2 nitrogen and oxygen atoms in total. The molecule has 1 saturated carbocycles. The van der Waals surface area contributed by atoms with Crippen LogP contribution < -0.4 is 5.32 Å². The van der Waals surface area contributed by atoms with E-state index in [4.69, 9.17) is 0 Å². The first kappa shape index (κ1) is 9.20. The Morgan fingerprint density at radius 2 is 2.15 bits per heavy atom. The summed E-state index contributed by atoms with van der Waals surface area (Å²) in [7, 11) is 0. The first-order valence-electron chi connectivity index (χ1n) is 5.51. The Labute approximate surface area is 80.1 Å². The summed E-state index contributed by atoms with van der Waals surface area (Å²) in [5, 5.41) is 3.58. The van der Waals surface area contributed by atoms with Gasteiger partial charge in [-0.1, -0.05) is 13.3 Å². The average Bonchev–Trinajstić information content (AvgIpc) is 2.18. The van der Waals surface area contributed by atoms with E-state index in [0.717, 1.165) is 18.9 Å². The van der Waals surface area contributed by atoms with Gasteiger partial charge in [-0.3, -0.25) is 0 Å². The number of fused-ring (bicyclic) bond motifs is 1. The average molecular weight is 181 g/mol. The Morgan fingerprint density at radius 1 is 1.31 bits per heavy atom. The van der Waals surface area contributed by atoms with Gasteiger partial charge in [0.05, 0.1) is 0 Å². The summed E-state index contributed by atoms with van der Waals surface area (Å²) in [5.74, 6) is 1.74. The van der Waals surface area contributed by atoms with Crippen molar-refractivity contribution in [3.63, 3.8) is 0 Å². The highest BCUT2D eigenvalue weighted by atomic mass is 16.1. The van der Waals surface area contributed by atoms with E-state index in [9.17, 15) is 4.79 Å². The molecule has 2 rings (SSSR count). The van der Waals surface area contributed by atoms with E-state index in [-0.39, 0.29) is 0 Å². The van der Waals surface area contributed by atoms with Crippen LogP contribution in [0.2, 0.25) is 0 Å². The number of carbonyl (C=O) groups is 1. The number of hydrogen-bond acceptors (Lipinski definition) is 2. The van der Waals surface area contributed by atoms with Gasteiger partial charge in [-0.15, -0.1) is 0 Å². The quantitative estimate of drug-likeness (QED) is 0.622. The summed E-state index contributed by atoms with van der Waals surface area (Å²) < 4.78 is 0. The van der Waals surface area contributed by atoms with Crippen LogP contribution in [0.25, 0.3) is 0 Å². The highest BCUT2D eigenvalue weighted by Crippen LogP contribution is 2.36. The topological polar surface area (TPSA) is 29.1 Å². The summed E-state index contributed by atoms with van der Waals surface area (Å²) in [5.41, 5.74) is 0. The molecule has 0 amide bonds. The maximum atomic E-state index is 10.9. The molecule has 0 aromatic heterocycles. The van der Waals surface area contributed by atoms with Crippen molar-refractivity contribution in [3.05, 3.63) is 0 Å². The van der Waals surface area contributed by atoms with Crippen molar-refractivity contribution in [1.82, 2.24) is 5.32 Å². The van der Waals surface area contributed by atoms with Crippen LogP contribution in [0, 0.1) is 17.8 Å². The Hall–Kier alpha value is -0.370. The van der Waals surface area contributed by atoms with E-state index in [0.29, 0.717) is 17.9 Å². The largest absolute Gasteiger partial charge is 0.313 e. The second kappa shape index (κ2) is 3.79. The smallest absolute Gasteiger partial charge is 0.123 e. The molecule has 1 saturated heterocycles. The van der Waals surface area contributed by atoms with Gasteiger partial charge in [-0.25, -0.2) is 0 Å². The minimum absolute atomic E-state index is 0.342. The maximum absolute atomic E-state index is 10.9. The zero-order chi connectivity index (χ0) is 9.26. The molecule has 4 atom stereocenters. The predicted molar refractivity (Wildman–Crippen MR) is 52.5 cm³/mol. The Balaban J connectivity index is 2.09. The van der Waals surface area contributed by atoms with Crippen LogP contribution in [0.1, 0.15) is 32.6 Å². The molecule has 0 radical (unpaired) electrons. The van der Waals surface area contributed by atoms with Crippen molar-refractivity contribution in [3.8, 4) is 0 Å². The maximum Gasteiger partial charge on any atom is 0.123 e. The third-order valence-corrected chi connectivity index (χ3v) is 3.85. The molecular formula is C11H19NO. The molecule has 1 aliphatic heterocycles. The van der Waals surface area contributed by atoms with Gasteiger partial charge in [0.1, 0.15) is 6.29 Å². The van der Waals surface area contributed by atoms with Gasteiger partial charge in [0.25, 0.3) is 0 Å². The van der Waals surface area contributed by atoms with Gasteiger partial charge < -0.3 is 10.1 Å². The zero-order valence-electron chi connectivity index (χ0n) is 8.33. The molecule has 2 heteroatoms. The van der Waals surface area contributed by atoms with Crippen molar-refractivity contribution in [2.24, 2.45) is 17.8 Å². The first-order chi connectivity index (χ1) is 6.33. The minimum atomic E-state index is 0.342. The van der Waals surface area contributed by atoms with Crippen LogP contribution in [-0.4, -0.2) is 18.9 Å². The highest BCUT2D eigenvalue weighted by Gasteiger charge is 2.37. The number of rotatable bonds is 1. The van der Waals surface area contributed by atoms with Crippen molar-refractivity contribution < 1.29 is 4.79 Å². The Morgan fingerprint density at radius 3 is 2.92 bits per heavy atom. The fourth-order valence-electron chi connectivity index (χ4n) is 3.09. The third kappa shape index (κ3) is 1.64. The molecule has 1 N–H and O–H groups in total. The van der Waals surface area contributed by atoms with E-state index in [1.165, 1.54) is 25.5 Å². The summed E-state index contributed by atoms with van der Waals surface area (Å²) in [6.07, 6.45) is 6.15. The van der Waals surface area contributed by atoms with E-state index in [2.05, 4.69) is 12.2 Å². The van der Waals surface area contributed by atoms with Crippen LogP contribution in [0.5, 0.6) is 0 Å². The monoisotopic (exact) mass is 181 g/mol. The van der Waals surface area contributed by atoms with Gasteiger partial charge >= 0.3 is 0 Å². The molecular weight excluding hydrogens is 162 g/mol. The lowest BCUT2D eigenvalue weighted by Crippen LogP contribution is -2.51. The molecule has 1 heterocycles. The van der Waals surface area contributed by atoms with Gasteiger partial charge in [0.2, 0.25) is 0 Å². The molecule has 74 valence electrons. The van der Waals surface area contributed by atoms with Gasteiger partial charge in [0, 0.05) is 12.0 Å². The van der Waals surface area contributed by atoms with E-state index < -0.39 is 0 Å². The van der Waals surface area contributed by atoms with Crippen molar-refractivity contribution >= 4 is 6.29 Å². The summed E-state index contributed by atoms with van der Waals surface area (Å²) in [4.78, 5) is 10.9. The summed E-state index contributed by atoms with van der Waals surface area (Å²) in [6.45, 7) is 3.35. The third-order valence-electron chi connectivity index (χ3n) is 3.85. The van der Waals surface area contributed by atoms with Crippen LogP contribution in [0.15, 0.2) is 0 Å². The van der Waals surface area contributed by atoms with Gasteiger partial charge in [-0.05, 0) is 37.6 Å². The standard InChI is InChI=1S/C11H19NO/c1-8-3-2-4-10-9(7-13)5-6-12-11(8)10/h7-12H,2-6H2,1H3. The molecule has 1 aliphatic carbocycles. The SMILES string of the molecule is CC1CCCC2C(C=O)CCNC12. The second-order valence-corrected chi connectivity index (χ2v) is 4.64. The van der Waals surface area contributed by atoms with Crippen molar-refractivity contribution in [2.45, 2.75) is 38.6 Å². The van der Waals surface area contributed by atoms with Gasteiger partial charge in [0.15, 0.2) is 0 Å². The summed E-state index contributed by atoms with van der Waals surface area (Å²) in [6, 6.07) is 0.623. The molecule has 0 aromatic carbocycles. The fraction of sp³-hybridized carbons (Fsp3) is 0.909. The van der Waals surface area contributed by atoms with Gasteiger partial charge in [-0.2, -0.15) is 0 Å². The number of hydrogen-bond donors (Lipinski definition) is 1.